The molecule has 122 valence electrons. The summed E-state index contributed by atoms with van der Waals surface area (Å²) in [4.78, 5) is 11.8. The summed E-state index contributed by atoms with van der Waals surface area (Å²) < 4.78 is 2.12. The van der Waals surface area contributed by atoms with Crippen LogP contribution >= 0.6 is 11.6 Å². The molecule has 1 N–H and O–H groups in total. The van der Waals surface area contributed by atoms with Gasteiger partial charge in [-0.25, -0.2) is 4.98 Å². The molecule has 0 aliphatic carbocycles. The number of rotatable bonds is 2. The number of nitrogens with zero attached hydrogens (tertiary/aromatic N) is 4. The Kier molecular flexibility index (Phi) is 3.68. The van der Waals surface area contributed by atoms with E-state index in [-0.39, 0.29) is 0 Å². The van der Waals surface area contributed by atoms with E-state index >= 15 is 0 Å². The van der Waals surface area contributed by atoms with Crippen LogP contribution in [0.2, 0.25) is 5.02 Å². The topological polar surface area (TPSA) is 45.5 Å². The second-order valence-electron chi connectivity index (χ2n) is 6.73. The number of hydrogen-bond acceptors (Lipinski definition) is 4. The minimum Gasteiger partial charge on any atom is -0.349 e. The standard InChI is InChI=1S/C17H22ClN5/c1-11-3-5-13-8-19-17(23(13)10-11)20-9-16-21-14-7-12(18)4-6-15(14)22(16)2/h4,6-7,11,13H,3,5,8-10H2,1-2H3,(H,19,20). The number of benzene rings is 1. The maximum atomic E-state index is 6.06. The molecule has 0 saturated carbocycles. The monoisotopic (exact) mass is 331 g/mol. The minimum atomic E-state index is 0.591. The van der Waals surface area contributed by atoms with Gasteiger partial charge in [-0.15, -0.1) is 0 Å². The maximum Gasteiger partial charge on any atom is 0.194 e. The van der Waals surface area contributed by atoms with Gasteiger partial charge in [0.2, 0.25) is 0 Å². The molecule has 23 heavy (non-hydrogen) atoms. The van der Waals surface area contributed by atoms with Crippen LogP contribution in [-0.2, 0) is 13.6 Å². The lowest BCUT2D eigenvalue weighted by atomic mass is 9.95. The van der Waals surface area contributed by atoms with Gasteiger partial charge >= 0.3 is 0 Å². The molecule has 4 rings (SSSR count). The summed E-state index contributed by atoms with van der Waals surface area (Å²) in [6, 6.07) is 6.43. The van der Waals surface area contributed by atoms with E-state index in [1.807, 2.05) is 25.2 Å². The Labute approximate surface area is 141 Å². The van der Waals surface area contributed by atoms with Gasteiger partial charge < -0.3 is 14.8 Å². The van der Waals surface area contributed by atoms with Crippen LogP contribution in [0.5, 0.6) is 0 Å². The first-order valence-corrected chi connectivity index (χ1v) is 8.65. The van der Waals surface area contributed by atoms with Crippen molar-refractivity contribution < 1.29 is 0 Å². The molecule has 0 amide bonds. The molecule has 5 nitrogen and oxygen atoms in total. The second-order valence-corrected chi connectivity index (χ2v) is 7.16. The highest BCUT2D eigenvalue weighted by atomic mass is 35.5. The van der Waals surface area contributed by atoms with Gasteiger partial charge in [0.25, 0.3) is 0 Å². The molecule has 1 saturated heterocycles. The quantitative estimate of drug-likeness (QED) is 0.920. The highest BCUT2D eigenvalue weighted by molar-refractivity contribution is 6.31. The Balaban J connectivity index is 1.50. The van der Waals surface area contributed by atoms with Gasteiger partial charge in [-0.1, -0.05) is 18.5 Å². The fourth-order valence-corrected chi connectivity index (χ4v) is 3.80. The third-order valence-corrected chi connectivity index (χ3v) is 5.24. The second kappa shape index (κ2) is 5.71. The lowest BCUT2D eigenvalue weighted by molar-refractivity contribution is 0.210. The summed E-state index contributed by atoms with van der Waals surface area (Å²) >= 11 is 6.06. The summed E-state index contributed by atoms with van der Waals surface area (Å²) in [6.45, 7) is 5.03. The van der Waals surface area contributed by atoms with Crippen molar-refractivity contribution in [3.63, 3.8) is 0 Å². The van der Waals surface area contributed by atoms with Gasteiger partial charge in [0.05, 0.1) is 30.2 Å². The van der Waals surface area contributed by atoms with Crippen molar-refractivity contribution in [3.05, 3.63) is 29.0 Å². The molecule has 0 radical (unpaired) electrons. The maximum absolute atomic E-state index is 6.06. The van der Waals surface area contributed by atoms with Crippen LogP contribution in [0.4, 0.5) is 0 Å². The number of nitrogens with one attached hydrogen (secondary N) is 1. The van der Waals surface area contributed by atoms with Crippen LogP contribution in [0.15, 0.2) is 23.2 Å². The van der Waals surface area contributed by atoms with Crippen molar-refractivity contribution in [3.8, 4) is 0 Å². The van der Waals surface area contributed by atoms with Crippen LogP contribution in [0.25, 0.3) is 11.0 Å². The number of aliphatic imine (C=N–C) groups is 1. The molecule has 2 aromatic rings. The predicted molar refractivity (Wildman–Crippen MR) is 93.8 cm³/mol. The first-order chi connectivity index (χ1) is 11.1. The van der Waals surface area contributed by atoms with Gasteiger partial charge in [0, 0.05) is 18.6 Å². The van der Waals surface area contributed by atoms with Crippen LogP contribution in [0, 0.1) is 5.92 Å². The molecule has 1 aromatic heterocycles. The van der Waals surface area contributed by atoms with Crippen molar-refractivity contribution in [1.29, 1.82) is 0 Å². The van der Waals surface area contributed by atoms with Crippen molar-refractivity contribution >= 4 is 28.6 Å². The van der Waals surface area contributed by atoms with Crippen LogP contribution in [-0.4, -0.2) is 39.5 Å². The lowest BCUT2D eigenvalue weighted by Gasteiger charge is -2.35. The summed E-state index contributed by atoms with van der Waals surface area (Å²) in [6.07, 6.45) is 2.57. The molecule has 0 bridgehead atoms. The molecular formula is C17H22ClN5. The molecule has 1 fully saturated rings. The lowest BCUT2D eigenvalue weighted by Crippen LogP contribution is -2.48. The summed E-state index contributed by atoms with van der Waals surface area (Å²) in [5.41, 5.74) is 2.04. The number of piperidine rings is 1. The Bertz CT molecular complexity index is 766. The average molecular weight is 332 g/mol. The summed E-state index contributed by atoms with van der Waals surface area (Å²) in [5.74, 6) is 2.78. The molecule has 2 aliphatic heterocycles. The van der Waals surface area contributed by atoms with Gasteiger partial charge in [-0.05, 0) is 37.0 Å². The van der Waals surface area contributed by atoms with E-state index in [1.54, 1.807) is 0 Å². The number of aromatic nitrogens is 2. The Morgan fingerprint density at radius 1 is 1.35 bits per heavy atom. The number of guanidine groups is 1. The molecular weight excluding hydrogens is 310 g/mol. The molecule has 6 heteroatoms. The van der Waals surface area contributed by atoms with Crippen molar-refractivity contribution in [1.82, 2.24) is 19.8 Å². The average Bonchev–Trinajstić information content (AvgIpc) is 3.06. The number of imidazole rings is 1. The molecule has 0 spiro atoms. The summed E-state index contributed by atoms with van der Waals surface area (Å²) in [5, 5.41) is 4.22. The van der Waals surface area contributed by atoms with Crippen LogP contribution < -0.4 is 5.32 Å². The van der Waals surface area contributed by atoms with E-state index in [9.17, 15) is 0 Å². The minimum absolute atomic E-state index is 0.591. The Morgan fingerprint density at radius 2 is 2.22 bits per heavy atom. The number of hydrogen-bond donors (Lipinski definition) is 1. The van der Waals surface area contributed by atoms with Gasteiger partial charge in [-0.2, -0.15) is 0 Å². The fourth-order valence-electron chi connectivity index (χ4n) is 3.64. The van der Waals surface area contributed by atoms with E-state index in [0.717, 1.165) is 46.8 Å². The van der Waals surface area contributed by atoms with E-state index in [0.29, 0.717) is 12.6 Å². The van der Waals surface area contributed by atoms with Gasteiger partial charge in [0.1, 0.15) is 5.82 Å². The summed E-state index contributed by atoms with van der Waals surface area (Å²) in [7, 11) is 2.04. The number of fused-ring (bicyclic) bond motifs is 2. The van der Waals surface area contributed by atoms with Crippen molar-refractivity contribution in [2.24, 2.45) is 18.0 Å². The smallest absolute Gasteiger partial charge is 0.194 e. The van der Waals surface area contributed by atoms with Crippen LogP contribution in [0.1, 0.15) is 25.6 Å². The third-order valence-electron chi connectivity index (χ3n) is 5.01. The fraction of sp³-hybridized carbons (Fsp3) is 0.529. The molecule has 2 unspecified atom stereocenters. The van der Waals surface area contributed by atoms with Crippen molar-refractivity contribution in [2.45, 2.75) is 32.4 Å². The molecule has 2 atom stereocenters. The van der Waals surface area contributed by atoms with Crippen LogP contribution in [0.3, 0.4) is 0 Å². The zero-order chi connectivity index (χ0) is 16.0. The molecule has 2 aliphatic rings. The molecule has 3 heterocycles. The number of halogens is 1. The first-order valence-electron chi connectivity index (χ1n) is 8.27. The van der Waals surface area contributed by atoms with Gasteiger partial charge in [-0.3, -0.25) is 4.99 Å². The highest BCUT2D eigenvalue weighted by Gasteiger charge is 2.32. The first kappa shape index (κ1) is 14.8. The van der Waals surface area contributed by atoms with E-state index < -0.39 is 0 Å². The molecule has 1 aromatic carbocycles. The van der Waals surface area contributed by atoms with E-state index in [2.05, 4.69) is 21.7 Å². The highest BCUT2D eigenvalue weighted by Crippen LogP contribution is 2.25. The number of aryl methyl sites for hydroxylation is 1. The Hall–Kier alpha value is -1.75. The predicted octanol–water partition coefficient (Wildman–Crippen LogP) is 2.79. The Morgan fingerprint density at radius 3 is 3.09 bits per heavy atom. The van der Waals surface area contributed by atoms with Gasteiger partial charge in [0.15, 0.2) is 5.96 Å². The largest absolute Gasteiger partial charge is 0.349 e. The van der Waals surface area contributed by atoms with E-state index in [1.165, 1.54) is 12.8 Å². The van der Waals surface area contributed by atoms with Crippen molar-refractivity contribution in [2.75, 3.05) is 13.1 Å². The SMILES string of the molecule is CC1CCC2CN=C(NCc3nc4cc(Cl)ccc4n3C)N2C1. The van der Waals surface area contributed by atoms with E-state index in [4.69, 9.17) is 21.6 Å². The normalized spacial score (nSPS) is 24.0. The third kappa shape index (κ3) is 2.67. The zero-order valence-electron chi connectivity index (χ0n) is 13.6. The zero-order valence-corrected chi connectivity index (χ0v) is 14.3.